The number of methoxy groups -OCH3 is 1. The number of nitrogens with zero attached hydrogens (tertiary/aromatic N) is 1. The van der Waals surface area contributed by atoms with Crippen molar-refractivity contribution in [2.24, 2.45) is 11.8 Å². The molecule has 0 spiro atoms. The average molecular weight is 380 g/mol. The quantitative estimate of drug-likeness (QED) is 0.865. The Balaban J connectivity index is 1.33. The standard InChI is InChI=1S/C22H24N2O4/c1-27-19-7-4-6-18(11-19)24-13-17(10-21(24)25)22(26)23-12-15-9-16-5-2-3-8-20(16)28-14-15/h2-8,11,15,17H,9-10,12-14H2,1H3,(H,23,26). The van der Waals surface area contributed by atoms with Gasteiger partial charge in [-0.2, -0.15) is 0 Å². The van der Waals surface area contributed by atoms with E-state index in [1.165, 1.54) is 5.56 Å². The summed E-state index contributed by atoms with van der Waals surface area (Å²) in [4.78, 5) is 26.7. The molecule has 2 aliphatic rings. The molecular formula is C22H24N2O4. The third-order valence-corrected chi connectivity index (χ3v) is 5.38. The smallest absolute Gasteiger partial charge is 0.227 e. The maximum absolute atomic E-state index is 12.6. The first kappa shape index (κ1) is 18.3. The molecular weight excluding hydrogens is 356 g/mol. The minimum Gasteiger partial charge on any atom is -0.497 e. The molecule has 1 N–H and O–H groups in total. The van der Waals surface area contributed by atoms with Crippen LogP contribution >= 0.6 is 0 Å². The number of benzene rings is 2. The van der Waals surface area contributed by atoms with Gasteiger partial charge in [0, 0.05) is 37.2 Å². The molecule has 28 heavy (non-hydrogen) atoms. The van der Waals surface area contributed by atoms with E-state index in [9.17, 15) is 9.59 Å². The van der Waals surface area contributed by atoms with Gasteiger partial charge >= 0.3 is 0 Å². The zero-order valence-electron chi connectivity index (χ0n) is 15.9. The maximum Gasteiger partial charge on any atom is 0.227 e. The van der Waals surface area contributed by atoms with Gasteiger partial charge in [-0.1, -0.05) is 24.3 Å². The first-order chi connectivity index (χ1) is 13.6. The van der Waals surface area contributed by atoms with Crippen molar-refractivity contribution in [3.63, 3.8) is 0 Å². The van der Waals surface area contributed by atoms with Gasteiger partial charge in [-0.3, -0.25) is 9.59 Å². The van der Waals surface area contributed by atoms with Crippen LogP contribution in [-0.4, -0.2) is 38.6 Å². The average Bonchev–Trinajstić information content (AvgIpc) is 3.13. The lowest BCUT2D eigenvalue weighted by Gasteiger charge is -2.25. The minimum atomic E-state index is -0.338. The van der Waals surface area contributed by atoms with Gasteiger partial charge in [0.1, 0.15) is 11.5 Å². The van der Waals surface area contributed by atoms with E-state index in [2.05, 4.69) is 11.4 Å². The Morgan fingerprint density at radius 1 is 1.21 bits per heavy atom. The van der Waals surface area contributed by atoms with E-state index < -0.39 is 0 Å². The van der Waals surface area contributed by atoms with Crippen molar-refractivity contribution in [1.29, 1.82) is 0 Å². The molecule has 0 bridgehead atoms. The first-order valence-corrected chi connectivity index (χ1v) is 9.57. The van der Waals surface area contributed by atoms with Crippen LogP contribution in [0.15, 0.2) is 48.5 Å². The van der Waals surface area contributed by atoms with Crippen molar-refractivity contribution in [2.45, 2.75) is 12.8 Å². The molecule has 6 nitrogen and oxygen atoms in total. The van der Waals surface area contributed by atoms with Crippen LogP contribution in [0.1, 0.15) is 12.0 Å². The van der Waals surface area contributed by atoms with Gasteiger partial charge in [-0.05, 0) is 30.2 Å². The van der Waals surface area contributed by atoms with Gasteiger partial charge in [-0.15, -0.1) is 0 Å². The lowest BCUT2D eigenvalue weighted by atomic mass is 9.96. The van der Waals surface area contributed by atoms with Crippen molar-refractivity contribution in [2.75, 3.05) is 31.7 Å². The Morgan fingerprint density at radius 3 is 2.93 bits per heavy atom. The zero-order valence-corrected chi connectivity index (χ0v) is 15.9. The third kappa shape index (κ3) is 3.81. The molecule has 1 saturated heterocycles. The molecule has 6 heteroatoms. The van der Waals surface area contributed by atoms with Crippen LogP contribution in [0.25, 0.3) is 0 Å². The van der Waals surface area contributed by atoms with E-state index in [0.717, 1.165) is 17.9 Å². The molecule has 2 aromatic carbocycles. The number of anilines is 1. The molecule has 0 radical (unpaired) electrons. The van der Waals surface area contributed by atoms with Gasteiger partial charge in [0.05, 0.1) is 19.6 Å². The number of rotatable bonds is 5. The molecule has 2 unspecified atom stereocenters. The monoisotopic (exact) mass is 380 g/mol. The number of amides is 2. The second-order valence-electron chi connectivity index (χ2n) is 7.34. The molecule has 0 saturated carbocycles. The van der Waals surface area contributed by atoms with Crippen molar-refractivity contribution in [3.05, 3.63) is 54.1 Å². The van der Waals surface area contributed by atoms with E-state index >= 15 is 0 Å². The van der Waals surface area contributed by atoms with Crippen LogP contribution < -0.4 is 19.7 Å². The molecule has 2 amide bonds. The number of fused-ring (bicyclic) bond motifs is 1. The van der Waals surface area contributed by atoms with Crippen LogP contribution in [0.4, 0.5) is 5.69 Å². The summed E-state index contributed by atoms with van der Waals surface area (Å²) in [5, 5.41) is 3.02. The van der Waals surface area contributed by atoms with Crippen LogP contribution in [0.5, 0.6) is 11.5 Å². The fourth-order valence-electron chi connectivity index (χ4n) is 3.82. The van der Waals surface area contributed by atoms with E-state index in [1.807, 2.05) is 42.5 Å². The van der Waals surface area contributed by atoms with E-state index in [-0.39, 0.29) is 30.1 Å². The lowest BCUT2D eigenvalue weighted by molar-refractivity contribution is -0.126. The van der Waals surface area contributed by atoms with Gasteiger partial charge in [0.25, 0.3) is 0 Å². The number of para-hydroxylation sites is 1. The number of hydrogen-bond donors (Lipinski definition) is 1. The Kier molecular flexibility index (Phi) is 5.19. The third-order valence-electron chi connectivity index (χ3n) is 5.38. The number of carbonyl (C=O) groups is 2. The van der Waals surface area contributed by atoms with Gasteiger partial charge in [0.15, 0.2) is 0 Å². The summed E-state index contributed by atoms with van der Waals surface area (Å²) < 4.78 is 11.0. The van der Waals surface area contributed by atoms with E-state index in [0.29, 0.717) is 25.4 Å². The summed E-state index contributed by atoms with van der Waals surface area (Å²) in [6.45, 7) is 1.54. The minimum absolute atomic E-state index is 0.0386. The Morgan fingerprint density at radius 2 is 2.07 bits per heavy atom. The molecule has 1 fully saturated rings. The predicted molar refractivity (Wildman–Crippen MR) is 106 cm³/mol. The Labute approximate surface area is 164 Å². The molecule has 146 valence electrons. The van der Waals surface area contributed by atoms with Gasteiger partial charge in [-0.25, -0.2) is 0 Å². The lowest BCUT2D eigenvalue weighted by Crippen LogP contribution is -2.38. The number of carbonyl (C=O) groups excluding carboxylic acids is 2. The van der Waals surface area contributed by atoms with Crippen LogP contribution in [-0.2, 0) is 16.0 Å². The Hall–Kier alpha value is -3.02. The summed E-state index contributed by atoms with van der Waals surface area (Å²) in [6, 6.07) is 15.3. The highest BCUT2D eigenvalue weighted by Crippen LogP contribution is 2.29. The van der Waals surface area contributed by atoms with Crippen molar-refractivity contribution >= 4 is 17.5 Å². The summed E-state index contributed by atoms with van der Waals surface area (Å²) in [5.41, 5.74) is 1.94. The fourth-order valence-corrected chi connectivity index (χ4v) is 3.82. The normalized spacial score (nSPS) is 21.0. The van der Waals surface area contributed by atoms with Crippen molar-refractivity contribution < 1.29 is 19.1 Å². The number of ether oxygens (including phenoxy) is 2. The van der Waals surface area contributed by atoms with Crippen LogP contribution in [0.2, 0.25) is 0 Å². The fraction of sp³-hybridized carbons (Fsp3) is 0.364. The summed E-state index contributed by atoms with van der Waals surface area (Å²) in [7, 11) is 1.59. The topological polar surface area (TPSA) is 67.9 Å². The molecule has 2 atom stereocenters. The second-order valence-corrected chi connectivity index (χ2v) is 7.34. The maximum atomic E-state index is 12.6. The highest BCUT2D eigenvalue weighted by atomic mass is 16.5. The molecule has 2 aliphatic heterocycles. The molecule has 0 aromatic heterocycles. The van der Waals surface area contributed by atoms with Crippen LogP contribution in [0, 0.1) is 11.8 Å². The molecule has 2 heterocycles. The van der Waals surface area contributed by atoms with Gasteiger partial charge in [0.2, 0.25) is 11.8 Å². The predicted octanol–water partition coefficient (Wildman–Crippen LogP) is 2.42. The number of hydrogen-bond acceptors (Lipinski definition) is 4. The van der Waals surface area contributed by atoms with E-state index in [4.69, 9.17) is 9.47 Å². The summed E-state index contributed by atoms with van der Waals surface area (Å²) in [6.07, 6.45) is 1.11. The summed E-state index contributed by atoms with van der Waals surface area (Å²) >= 11 is 0. The highest BCUT2D eigenvalue weighted by molar-refractivity contribution is 6.00. The molecule has 2 aromatic rings. The molecule has 0 aliphatic carbocycles. The van der Waals surface area contributed by atoms with Crippen molar-refractivity contribution in [3.8, 4) is 11.5 Å². The van der Waals surface area contributed by atoms with Gasteiger partial charge < -0.3 is 19.7 Å². The molecule has 4 rings (SSSR count). The summed E-state index contributed by atoms with van der Waals surface area (Å²) in [5.74, 6) is 1.41. The van der Waals surface area contributed by atoms with E-state index in [1.54, 1.807) is 12.0 Å². The van der Waals surface area contributed by atoms with Crippen LogP contribution in [0.3, 0.4) is 0 Å². The number of nitrogens with one attached hydrogen (secondary N) is 1. The highest BCUT2D eigenvalue weighted by Gasteiger charge is 2.35. The largest absolute Gasteiger partial charge is 0.497 e. The van der Waals surface area contributed by atoms with Crippen molar-refractivity contribution in [1.82, 2.24) is 5.32 Å². The second kappa shape index (κ2) is 7.92. The zero-order chi connectivity index (χ0) is 19.5. The SMILES string of the molecule is COc1cccc(N2CC(C(=O)NCC3COc4ccccc4C3)CC2=O)c1. The Bertz CT molecular complexity index is 882. The first-order valence-electron chi connectivity index (χ1n) is 9.57.